The number of piperazine rings is 1. The zero-order valence-corrected chi connectivity index (χ0v) is 36.6. The molecule has 332 valence electrons. The molecule has 2 aromatic carbocycles. The number of amides is 5. The minimum Gasteiger partial charge on any atom is -0.496 e. The first kappa shape index (κ1) is 43.6. The number of carbonyl (C=O) groups excluding carboxylic acids is 5. The zero-order valence-electron chi connectivity index (χ0n) is 35.7. The molecule has 62 heavy (non-hydrogen) atoms. The van der Waals surface area contributed by atoms with Gasteiger partial charge in [0.2, 0.25) is 17.7 Å². The largest absolute Gasteiger partial charge is 0.496 e. The topological polar surface area (TPSA) is 147 Å². The van der Waals surface area contributed by atoms with E-state index in [0.717, 1.165) is 41.0 Å². The van der Waals surface area contributed by atoms with E-state index in [-0.39, 0.29) is 35.5 Å². The number of piperidine rings is 2. The Kier molecular flexibility index (Phi) is 12.4. The molecular formula is C44H54F2N8O7S. The molecule has 4 atom stereocenters. The lowest BCUT2D eigenvalue weighted by Crippen LogP contribution is -2.59. The highest BCUT2D eigenvalue weighted by Crippen LogP contribution is 2.48. The van der Waals surface area contributed by atoms with Crippen molar-refractivity contribution in [3.8, 4) is 11.5 Å². The maximum Gasteiger partial charge on any atom is 0.280 e. The van der Waals surface area contributed by atoms with Gasteiger partial charge in [0.05, 0.1) is 48.4 Å². The first-order valence-corrected chi connectivity index (χ1v) is 21.9. The van der Waals surface area contributed by atoms with E-state index in [1.807, 2.05) is 49.3 Å². The molecule has 15 nitrogen and oxygen atoms in total. The van der Waals surface area contributed by atoms with E-state index < -0.39 is 47.5 Å². The number of thioether (sulfide) groups is 1. The number of likely N-dealkylation sites (tertiary alicyclic amines) is 1. The maximum atomic E-state index is 15.7. The number of alkyl halides is 2. The summed E-state index contributed by atoms with van der Waals surface area (Å²) in [6.45, 7) is 4.77. The number of imide groups is 1. The summed E-state index contributed by atoms with van der Waals surface area (Å²) in [7, 11) is 8.75. The fourth-order valence-electron chi connectivity index (χ4n) is 9.39. The van der Waals surface area contributed by atoms with Crippen LogP contribution in [0.4, 0.5) is 14.5 Å². The van der Waals surface area contributed by atoms with Crippen molar-refractivity contribution in [1.82, 2.24) is 35.1 Å². The smallest absolute Gasteiger partial charge is 0.280 e. The average molecular weight is 877 g/mol. The molecule has 6 heterocycles. The van der Waals surface area contributed by atoms with Gasteiger partial charge in [-0.3, -0.25) is 39.1 Å². The van der Waals surface area contributed by atoms with Crippen molar-refractivity contribution in [2.75, 3.05) is 92.6 Å². The van der Waals surface area contributed by atoms with Gasteiger partial charge in [-0.2, -0.15) is 0 Å². The zero-order chi connectivity index (χ0) is 44.0. The molecule has 8 rings (SSSR count). The second-order valence-electron chi connectivity index (χ2n) is 17.1. The van der Waals surface area contributed by atoms with Crippen LogP contribution in [0, 0.1) is 5.92 Å². The van der Waals surface area contributed by atoms with Crippen molar-refractivity contribution in [3.05, 3.63) is 69.8 Å². The molecule has 3 fully saturated rings. The van der Waals surface area contributed by atoms with Crippen LogP contribution >= 0.6 is 11.8 Å². The molecule has 0 bridgehead atoms. The number of hydrogen-bond donors (Lipinski definition) is 2. The fraction of sp³-hybridized carbons (Fsp3) is 0.523. The third-order valence-corrected chi connectivity index (χ3v) is 14.2. The van der Waals surface area contributed by atoms with Crippen LogP contribution in [0.3, 0.4) is 0 Å². The van der Waals surface area contributed by atoms with E-state index >= 15 is 8.78 Å². The van der Waals surface area contributed by atoms with E-state index in [0.29, 0.717) is 69.3 Å². The summed E-state index contributed by atoms with van der Waals surface area (Å²) in [5.74, 6) is -4.31. The van der Waals surface area contributed by atoms with Crippen molar-refractivity contribution in [2.24, 2.45) is 5.92 Å². The van der Waals surface area contributed by atoms with Crippen LogP contribution in [0.15, 0.2) is 47.5 Å². The van der Waals surface area contributed by atoms with E-state index in [9.17, 15) is 24.0 Å². The highest BCUT2D eigenvalue weighted by Gasteiger charge is 2.48. The van der Waals surface area contributed by atoms with Crippen LogP contribution in [-0.4, -0.2) is 165 Å². The lowest BCUT2D eigenvalue weighted by Gasteiger charge is -2.40. The molecule has 0 aromatic heterocycles. The molecule has 0 aliphatic carbocycles. The van der Waals surface area contributed by atoms with E-state index in [1.54, 1.807) is 43.3 Å². The number of halogens is 2. The summed E-state index contributed by atoms with van der Waals surface area (Å²) < 4.78 is 43.0. The first-order valence-electron chi connectivity index (χ1n) is 21.1. The molecule has 18 heteroatoms. The van der Waals surface area contributed by atoms with Gasteiger partial charge in [-0.25, -0.2) is 8.78 Å². The summed E-state index contributed by atoms with van der Waals surface area (Å²) in [5.41, 5.74) is 4.79. The lowest BCUT2D eigenvalue weighted by molar-refractivity contribution is -0.137. The molecule has 6 aliphatic heterocycles. The Morgan fingerprint density at radius 2 is 1.68 bits per heavy atom. The van der Waals surface area contributed by atoms with Crippen LogP contribution in [0.2, 0.25) is 0 Å². The summed E-state index contributed by atoms with van der Waals surface area (Å²) in [6.07, 6.45) is 3.97. The summed E-state index contributed by atoms with van der Waals surface area (Å²) in [4.78, 5) is 75.9. The normalized spacial score (nSPS) is 25.4. The fourth-order valence-corrected chi connectivity index (χ4v) is 10.7. The Morgan fingerprint density at radius 1 is 0.968 bits per heavy atom. The first-order chi connectivity index (χ1) is 29.6. The molecule has 3 saturated heterocycles. The van der Waals surface area contributed by atoms with Crippen molar-refractivity contribution in [2.45, 2.75) is 55.6 Å². The standard InChI is InChI=1S/C44H54F2N8O7S/c1-49(2)23-32-34(60-4)18-27(19-35(32)61-5)31-24-50(3)42(58)30-21-36(62-39(30)31)41(57)47-37-10-11-52(25-44(37,45)46)13-12-51-14-16-53(17-15-51)28-7-6-26-22-54(43(59)29(26)20-28)33-8-9-38(55)48-40(33)56/h6-7,18-21,24,30,33,37,39H,8-17,22-23,25H2,1-5H3,(H,47,57)(H,48,55,56)/t30?,33?,37-,39?/m1/s1. The third-order valence-electron chi connectivity index (χ3n) is 12.8. The van der Waals surface area contributed by atoms with Gasteiger partial charge in [0.1, 0.15) is 17.5 Å². The van der Waals surface area contributed by atoms with Gasteiger partial charge < -0.3 is 34.4 Å². The third kappa shape index (κ3) is 8.66. The molecule has 0 spiro atoms. The van der Waals surface area contributed by atoms with E-state index in [1.165, 1.54) is 16.7 Å². The number of nitrogens with zero attached hydrogens (tertiary/aromatic N) is 6. The second kappa shape index (κ2) is 17.6. The van der Waals surface area contributed by atoms with Crippen molar-refractivity contribution in [3.63, 3.8) is 0 Å². The van der Waals surface area contributed by atoms with Gasteiger partial charge in [0, 0.05) is 89.8 Å². The maximum absolute atomic E-state index is 15.7. The minimum atomic E-state index is -3.16. The number of ether oxygens (including phenoxy) is 2. The summed E-state index contributed by atoms with van der Waals surface area (Å²) in [6, 6.07) is 7.60. The Bertz CT molecular complexity index is 2190. The molecular weight excluding hydrogens is 823 g/mol. The van der Waals surface area contributed by atoms with Crippen molar-refractivity contribution < 1.29 is 42.2 Å². The summed E-state index contributed by atoms with van der Waals surface area (Å²) >= 11 is 1.22. The minimum absolute atomic E-state index is 0.0844. The number of carbonyl (C=O) groups is 5. The SMILES string of the molecule is COc1cc(C2=CN(C)C(=O)C3C=C(C(=O)N[C@@H]4CCN(CCN5CCN(c6ccc7c(c6)C(=O)N(C6CCC(=O)NC6=O)C7)CC5)CC4(F)F)SC23)cc(OC)c1CN(C)C. The lowest BCUT2D eigenvalue weighted by atomic mass is 9.89. The van der Waals surface area contributed by atoms with Crippen molar-refractivity contribution >= 4 is 52.6 Å². The number of anilines is 1. The predicted molar refractivity (Wildman–Crippen MR) is 230 cm³/mol. The Balaban J connectivity index is 0.824. The number of hydrogen-bond acceptors (Lipinski definition) is 12. The van der Waals surface area contributed by atoms with Crippen LogP contribution in [0.25, 0.3) is 5.57 Å². The number of nitrogens with one attached hydrogen (secondary N) is 2. The molecule has 0 radical (unpaired) electrons. The van der Waals surface area contributed by atoms with Gasteiger partial charge in [-0.15, -0.1) is 11.8 Å². The Morgan fingerprint density at radius 3 is 2.34 bits per heavy atom. The second-order valence-corrected chi connectivity index (χ2v) is 18.3. The van der Waals surface area contributed by atoms with Gasteiger partial charge in [0.25, 0.3) is 17.7 Å². The molecule has 0 saturated carbocycles. The molecule has 6 aliphatic rings. The summed E-state index contributed by atoms with van der Waals surface area (Å²) in [5, 5.41) is 4.53. The number of rotatable bonds is 12. The Hall–Kier alpha value is -5.04. The number of fused-ring (bicyclic) bond motifs is 2. The Labute approximate surface area is 364 Å². The molecule has 5 amide bonds. The predicted octanol–water partition coefficient (Wildman–Crippen LogP) is 2.60. The molecule has 3 unspecified atom stereocenters. The van der Waals surface area contributed by atoms with Crippen molar-refractivity contribution in [1.29, 1.82) is 0 Å². The monoisotopic (exact) mass is 876 g/mol. The van der Waals surface area contributed by atoms with E-state index in [4.69, 9.17) is 9.47 Å². The molecule has 2 aromatic rings. The highest BCUT2D eigenvalue weighted by atomic mass is 32.2. The van der Waals surface area contributed by atoms with E-state index in [2.05, 4.69) is 20.4 Å². The van der Waals surface area contributed by atoms with Gasteiger partial charge in [-0.1, -0.05) is 12.1 Å². The van der Waals surface area contributed by atoms with Gasteiger partial charge in [0.15, 0.2) is 0 Å². The van der Waals surface area contributed by atoms with Gasteiger partial charge in [-0.05, 0) is 67.9 Å². The van der Waals surface area contributed by atoms with Gasteiger partial charge >= 0.3 is 0 Å². The number of benzene rings is 2. The molecule has 2 N–H and O–H groups in total. The van der Waals surface area contributed by atoms with Crippen LogP contribution < -0.4 is 25.0 Å². The highest BCUT2D eigenvalue weighted by molar-refractivity contribution is 8.05. The average Bonchev–Trinajstić information content (AvgIpc) is 3.84. The van der Waals surface area contributed by atoms with Crippen LogP contribution in [0.1, 0.15) is 46.3 Å². The number of methoxy groups -OCH3 is 2. The van der Waals surface area contributed by atoms with Crippen LogP contribution in [0.5, 0.6) is 11.5 Å². The quantitative estimate of drug-likeness (QED) is 0.303. The van der Waals surface area contributed by atoms with Crippen LogP contribution in [-0.2, 0) is 32.3 Å².